The van der Waals surface area contributed by atoms with Crippen molar-refractivity contribution in [1.29, 1.82) is 0 Å². The van der Waals surface area contributed by atoms with Gasteiger partial charge >= 0.3 is 0 Å². The van der Waals surface area contributed by atoms with Crippen molar-refractivity contribution in [2.24, 2.45) is 0 Å². The van der Waals surface area contributed by atoms with Crippen molar-refractivity contribution < 1.29 is 4.39 Å². The lowest BCUT2D eigenvalue weighted by Gasteiger charge is -2.13. The van der Waals surface area contributed by atoms with Crippen LogP contribution in [0.3, 0.4) is 0 Å². The molecule has 5 heteroatoms. The number of hydrogen-bond donors (Lipinski definition) is 0. The smallest absolute Gasteiger partial charge is 0.268 e. The SMILES string of the molecule is CCc1nc2cccc(F)c2c(=O)n1-c1cccc(Cl)c1. The summed E-state index contributed by atoms with van der Waals surface area (Å²) in [7, 11) is 0. The lowest BCUT2D eigenvalue weighted by atomic mass is 10.2. The summed E-state index contributed by atoms with van der Waals surface area (Å²) in [6, 6.07) is 11.3. The molecule has 1 aromatic heterocycles. The number of fused-ring (bicyclic) bond motifs is 1. The van der Waals surface area contributed by atoms with Gasteiger partial charge < -0.3 is 0 Å². The van der Waals surface area contributed by atoms with Crippen LogP contribution in [0.2, 0.25) is 5.02 Å². The maximum absolute atomic E-state index is 14.0. The molecule has 0 spiro atoms. The minimum atomic E-state index is -0.566. The van der Waals surface area contributed by atoms with Gasteiger partial charge in [-0.25, -0.2) is 9.37 Å². The van der Waals surface area contributed by atoms with Gasteiger partial charge in [0.1, 0.15) is 17.0 Å². The van der Waals surface area contributed by atoms with E-state index in [-0.39, 0.29) is 5.39 Å². The summed E-state index contributed by atoms with van der Waals surface area (Å²) in [5.41, 5.74) is 0.536. The van der Waals surface area contributed by atoms with Gasteiger partial charge in [-0.15, -0.1) is 0 Å². The third-order valence-electron chi connectivity index (χ3n) is 3.30. The zero-order valence-corrected chi connectivity index (χ0v) is 12.1. The second-order valence-electron chi connectivity index (χ2n) is 4.64. The van der Waals surface area contributed by atoms with Crippen molar-refractivity contribution in [3.8, 4) is 5.69 Å². The Balaban J connectivity index is 2.44. The molecule has 0 aliphatic heterocycles. The quantitative estimate of drug-likeness (QED) is 0.723. The fourth-order valence-electron chi connectivity index (χ4n) is 2.35. The van der Waals surface area contributed by atoms with Crippen molar-refractivity contribution in [3.05, 3.63) is 69.5 Å². The normalized spacial score (nSPS) is 11.0. The second-order valence-corrected chi connectivity index (χ2v) is 5.07. The van der Waals surface area contributed by atoms with Gasteiger partial charge in [-0.1, -0.05) is 30.7 Å². The average molecular weight is 303 g/mol. The summed E-state index contributed by atoms with van der Waals surface area (Å²) in [4.78, 5) is 17.1. The predicted octanol–water partition coefficient (Wildman–Crippen LogP) is 3.74. The van der Waals surface area contributed by atoms with Crippen LogP contribution in [-0.2, 0) is 6.42 Å². The van der Waals surface area contributed by atoms with E-state index in [1.165, 1.54) is 10.6 Å². The molecular weight excluding hydrogens is 291 g/mol. The molecule has 0 N–H and O–H groups in total. The Morgan fingerprint density at radius 3 is 2.71 bits per heavy atom. The Hall–Kier alpha value is -2.20. The Labute approximate surface area is 125 Å². The minimum Gasteiger partial charge on any atom is -0.268 e. The molecule has 0 radical (unpaired) electrons. The van der Waals surface area contributed by atoms with Crippen molar-refractivity contribution in [3.63, 3.8) is 0 Å². The van der Waals surface area contributed by atoms with Gasteiger partial charge in [0.25, 0.3) is 5.56 Å². The predicted molar refractivity (Wildman–Crippen MR) is 81.7 cm³/mol. The molecule has 21 heavy (non-hydrogen) atoms. The molecule has 0 fully saturated rings. The number of aromatic nitrogens is 2. The van der Waals surface area contributed by atoms with E-state index in [2.05, 4.69) is 4.98 Å². The van der Waals surface area contributed by atoms with E-state index in [1.807, 2.05) is 6.92 Å². The third-order valence-corrected chi connectivity index (χ3v) is 3.53. The molecule has 0 saturated heterocycles. The number of hydrogen-bond acceptors (Lipinski definition) is 2. The van der Waals surface area contributed by atoms with Crippen LogP contribution in [0.25, 0.3) is 16.6 Å². The molecule has 0 unspecified atom stereocenters. The first-order valence-electron chi connectivity index (χ1n) is 6.58. The maximum atomic E-state index is 14.0. The standard InChI is InChI=1S/C16H12ClFN2O/c1-2-14-19-13-8-4-7-12(18)15(13)16(21)20(14)11-6-3-5-10(17)9-11/h3-9H,2H2,1H3. The number of nitrogens with zero attached hydrogens (tertiary/aromatic N) is 2. The van der Waals surface area contributed by atoms with Crippen LogP contribution in [0.5, 0.6) is 0 Å². The van der Waals surface area contributed by atoms with Crippen molar-refractivity contribution >= 4 is 22.5 Å². The van der Waals surface area contributed by atoms with Gasteiger partial charge in [0, 0.05) is 11.4 Å². The topological polar surface area (TPSA) is 34.9 Å². The largest absolute Gasteiger partial charge is 0.268 e. The van der Waals surface area contributed by atoms with Crippen molar-refractivity contribution in [1.82, 2.24) is 9.55 Å². The lowest BCUT2D eigenvalue weighted by Crippen LogP contribution is -2.24. The van der Waals surface area contributed by atoms with E-state index in [0.29, 0.717) is 28.5 Å². The maximum Gasteiger partial charge on any atom is 0.268 e. The van der Waals surface area contributed by atoms with Crippen molar-refractivity contribution in [2.45, 2.75) is 13.3 Å². The highest BCUT2D eigenvalue weighted by Crippen LogP contribution is 2.18. The molecule has 3 aromatic rings. The molecule has 0 aliphatic carbocycles. The van der Waals surface area contributed by atoms with Crippen LogP contribution in [-0.4, -0.2) is 9.55 Å². The summed E-state index contributed by atoms with van der Waals surface area (Å²) >= 11 is 5.98. The fourth-order valence-corrected chi connectivity index (χ4v) is 2.54. The first kappa shape index (κ1) is 13.8. The first-order valence-corrected chi connectivity index (χ1v) is 6.95. The highest BCUT2D eigenvalue weighted by atomic mass is 35.5. The summed E-state index contributed by atoms with van der Waals surface area (Å²) in [6.07, 6.45) is 0.550. The van der Waals surface area contributed by atoms with Gasteiger partial charge in [-0.05, 0) is 30.3 Å². The second kappa shape index (κ2) is 5.30. The molecule has 0 bridgehead atoms. The van der Waals surface area contributed by atoms with Gasteiger partial charge in [-0.3, -0.25) is 9.36 Å². The van der Waals surface area contributed by atoms with Crippen LogP contribution in [0.1, 0.15) is 12.7 Å². The zero-order valence-electron chi connectivity index (χ0n) is 11.3. The van der Waals surface area contributed by atoms with Gasteiger partial charge in [0.05, 0.1) is 11.2 Å². The lowest BCUT2D eigenvalue weighted by molar-refractivity contribution is 0.636. The monoisotopic (exact) mass is 302 g/mol. The number of benzene rings is 2. The molecule has 0 saturated carbocycles. The molecule has 2 aromatic carbocycles. The highest BCUT2D eigenvalue weighted by molar-refractivity contribution is 6.30. The van der Waals surface area contributed by atoms with E-state index in [4.69, 9.17) is 11.6 Å². The fraction of sp³-hybridized carbons (Fsp3) is 0.125. The highest BCUT2D eigenvalue weighted by Gasteiger charge is 2.14. The van der Waals surface area contributed by atoms with E-state index in [9.17, 15) is 9.18 Å². The Kier molecular flexibility index (Phi) is 3.47. The Morgan fingerprint density at radius 2 is 2.00 bits per heavy atom. The molecule has 0 atom stereocenters. The van der Waals surface area contributed by atoms with E-state index >= 15 is 0 Å². The molecule has 106 valence electrons. The number of rotatable bonds is 2. The Morgan fingerprint density at radius 1 is 1.24 bits per heavy atom. The van der Waals surface area contributed by atoms with Crippen LogP contribution in [0.15, 0.2) is 47.3 Å². The first-order chi connectivity index (χ1) is 10.1. The van der Waals surface area contributed by atoms with Crippen LogP contribution in [0.4, 0.5) is 4.39 Å². The van der Waals surface area contributed by atoms with Crippen molar-refractivity contribution in [2.75, 3.05) is 0 Å². The third kappa shape index (κ3) is 2.32. The summed E-state index contributed by atoms with van der Waals surface area (Å²) in [5, 5.41) is 0.504. The number of aryl methyl sites for hydroxylation is 1. The summed E-state index contributed by atoms with van der Waals surface area (Å²) < 4.78 is 15.4. The van der Waals surface area contributed by atoms with E-state index in [0.717, 1.165) is 0 Å². The average Bonchev–Trinajstić information content (AvgIpc) is 2.46. The molecule has 0 amide bonds. The van der Waals surface area contributed by atoms with Gasteiger partial charge in [0.2, 0.25) is 0 Å². The molecule has 1 heterocycles. The number of halogens is 2. The zero-order chi connectivity index (χ0) is 15.0. The van der Waals surface area contributed by atoms with E-state index < -0.39 is 11.4 Å². The molecular formula is C16H12ClFN2O. The summed E-state index contributed by atoms with van der Waals surface area (Å²) in [5.74, 6) is 0.00352. The van der Waals surface area contributed by atoms with Crippen LogP contribution >= 0.6 is 11.6 Å². The molecule has 0 aliphatic rings. The molecule has 3 nitrogen and oxygen atoms in total. The van der Waals surface area contributed by atoms with Crippen LogP contribution < -0.4 is 5.56 Å². The molecule has 3 rings (SSSR count). The van der Waals surface area contributed by atoms with Gasteiger partial charge in [-0.2, -0.15) is 0 Å². The van der Waals surface area contributed by atoms with Gasteiger partial charge in [0.15, 0.2) is 0 Å². The van der Waals surface area contributed by atoms with E-state index in [1.54, 1.807) is 36.4 Å². The van der Waals surface area contributed by atoms with Crippen LogP contribution in [0, 0.1) is 5.82 Å². The Bertz CT molecular complexity index is 889. The minimum absolute atomic E-state index is 0.00493. The summed E-state index contributed by atoms with van der Waals surface area (Å²) in [6.45, 7) is 1.90.